The van der Waals surface area contributed by atoms with E-state index in [-0.39, 0.29) is 17.6 Å². The maximum absolute atomic E-state index is 11.9. The normalized spacial score (nSPS) is 42.6. The van der Waals surface area contributed by atoms with Gasteiger partial charge < -0.3 is 10.1 Å². The zero-order valence-corrected chi connectivity index (χ0v) is 11.9. The molecule has 3 rings (SSSR count). The molecule has 0 aromatic carbocycles. The predicted octanol–water partition coefficient (Wildman–Crippen LogP) is 2.35. The number of hydrogen-bond acceptors (Lipinski definition) is 3. The first kappa shape index (κ1) is 12.5. The summed E-state index contributed by atoms with van der Waals surface area (Å²) in [6.45, 7) is 7.70. The standard InChI is InChI=1S/C15H25NO2/c1-8(14(17)18-15(2,3)4)16-13-11-9-5-6-10(7-9)12(11)13/h8-13,16H,5-7H2,1-4H3. The van der Waals surface area contributed by atoms with E-state index < -0.39 is 0 Å². The second kappa shape index (κ2) is 3.96. The number of ether oxygens (including phenoxy) is 1. The first-order chi connectivity index (χ1) is 8.37. The molecule has 3 aliphatic carbocycles. The number of hydrogen-bond donors (Lipinski definition) is 1. The number of carbonyl (C=O) groups is 1. The molecule has 3 nitrogen and oxygen atoms in total. The van der Waals surface area contributed by atoms with Crippen molar-refractivity contribution in [2.45, 2.75) is 64.6 Å². The Morgan fingerprint density at radius 1 is 1.22 bits per heavy atom. The van der Waals surface area contributed by atoms with Gasteiger partial charge in [0, 0.05) is 6.04 Å². The summed E-state index contributed by atoms with van der Waals surface area (Å²) < 4.78 is 5.42. The molecular weight excluding hydrogens is 226 g/mol. The van der Waals surface area contributed by atoms with Gasteiger partial charge in [-0.25, -0.2) is 0 Å². The van der Waals surface area contributed by atoms with Gasteiger partial charge in [0.05, 0.1) is 0 Å². The molecule has 3 fully saturated rings. The van der Waals surface area contributed by atoms with E-state index in [9.17, 15) is 4.79 Å². The van der Waals surface area contributed by atoms with Gasteiger partial charge >= 0.3 is 5.97 Å². The van der Waals surface area contributed by atoms with Crippen molar-refractivity contribution >= 4 is 5.97 Å². The molecule has 5 atom stereocenters. The molecule has 3 saturated carbocycles. The molecule has 1 N–H and O–H groups in total. The smallest absolute Gasteiger partial charge is 0.323 e. The van der Waals surface area contributed by atoms with E-state index in [0.717, 1.165) is 23.7 Å². The predicted molar refractivity (Wildman–Crippen MR) is 70.0 cm³/mol. The van der Waals surface area contributed by atoms with Crippen LogP contribution in [0.1, 0.15) is 47.0 Å². The summed E-state index contributed by atoms with van der Waals surface area (Å²) in [4.78, 5) is 11.9. The average molecular weight is 251 g/mol. The zero-order chi connectivity index (χ0) is 13.1. The fourth-order valence-electron chi connectivity index (χ4n) is 4.30. The highest BCUT2D eigenvalue weighted by Gasteiger charge is 2.65. The number of fused-ring (bicyclic) bond motifs is 5. The van der Waals surface area contributed by atoms with Gasteiger partial charge in [0.1, 0.15) is 11.6 Å². The Kier molecular flexibility index (Phi) is 2.74. The van der Waals surface area contributed by atoms with Gasteiger partial charge in [0.2, 0.25) is 0 Å². The largest absolute Gasteiger partial charge is 0.459 e. The highest BCUT2D eigenvalue weighted by Crippen LogP contribution is 2.65. The third-order valence-electron chi connectivity index (χ3n) is 4.94. The fraction of sp³-hybridized carbons (Fsp3) is 0.933. The highest BCUT2D eigenvalue weighted by molar-refractivity contribution is 5.75. The molecule has 18 heavy (non-hydrogen) atoms. The topological polar surface area (TPSA) is 38.3 Å². The molecule has 0 aliphatic heterocycles. The maximum atomic E-state index is 11.9. The van der Waals surface area contributed by atoms with Gasteiger partial charge in [-0.3, -0.25) is 4.79 Å². The molecule has 0 radical (unpaired) electrons. The van der Waals surface area contributed by atoms with Crippen molar-refractivity contribution in [3.8, 4) is 0 Å². The molecule has 0 spiro atoms. The third-order valence-corrected chi connectivity index (χ3v) is 4.94. The minimum absolute atomic E-state index is 0.111. The third kappa shape index (κ3) is 2.07. The van der Waals surface area contributed by atoms with Crippen molar-refractivity contribution in [1.82, 2.24) is 5.32 Å². The lowest BCUT2D eigenvalue weighted by Gasteiger charge is -2.23. The number of nitrogens with one attached hydrogen (secondary N) is 1. The molecule has 3 aliphatic rings. The molecule has 0 amide bonds. The van der Waals surface area contributed by atoms with Crippen LogP contribution in [0.4, 0.5) is 0 Å². The average Bonchev–Trinajstić information content (AvgIpc) is 2.67. The van der Waals surface area contributed by atoms with Crippen LogP contribution in [0.15, 0.2) is 0 Å². The van der Waals surface area contributed by atoms with E-state index >= 15 is 0 Å². The van der Waals surface area contributed by atoms with Crippen LogP contribution in [0, 0.1) is 23.7 Å². The Labute approximate surface area is 110 Å². The van der Waals surface area contributed by atoms with Crippen LogP contribution < -0.4 is 5.32 Å². The van der Waals surface area contributed by atoms with E-state index in [0.29, 0.717) is 6.04 Å². The highest BCUT2D eigenvalue weighted by atomic mass is 16.6. The summed E-state index contributed by atoms with van der Waals surface area (Å²) in [6.07, 6.45) is 4.30. The Balaban J connectivity index is 1.51. The minimum Gasteiger partial charge on any atom is -0.459 e. The van der Waals surface area contributed by atoms with Crippen LogP contribution in [0.5, 0.6) is 0 Å². The van der Waals surface area contributed by atoms with Crippen molar-refractivity contribution in [2.75, 3.05) is 0 Å². The number of carbonyl (C=O) groups excluding carboxylic acids is 1. The Morgan fingerprint density at radius 3 is 2.28 bits per heavy atom. The summed E-state index contributed by atoms with van der Waals surface area (Å²) in [7, 11) is 0. The van der Waals surface area contributed by atoms with E-state index in [1.807, 2.05) is 27.7 Å². The van der Waals surface area contributed by atoms with Crippen molar-refractivity contribution < 1.29 is 9.53 Å². The van der Waals surface area contributed by atoms with E-state index in [2.05, 4.69) is 5.32 Å². The molecular formula is C15H25NO2. The summed E-state index contributed by atoms with van der Waals surface area (Å²) in [5.74, 6) is 3.52. The van der Waals surface area contributed by atoms with Gasteiger partial charge in [0.25, 0.3) is 0 Å². The fourth-order valence-corrected chi connectivity index (χ4v) is 4.30. The van der Waals surface area contributed by atoms with Crippen LogP contribution in [-0.4, -0.2) is 23.7 Å². The summed E-state index contributed by atoms with van der Waals surface area (Å²) in [5.41, 5.74) is -0.383. The number of esters is 1. The summed E-state index contributed by atoms with van der Waals surface area (Å²) >= 11 is 0. The van der Waals surface area contributed by atoms with Crippen LogP contribution in [0.2, 0.25) is 0 Å². The second-order valence-electron chi connectivity index (χ2n) is 7.44. The van der Waals surface area contributed by atoms with Gasteiger partial charge in [-0.2, -0.15) is 0 Å². The molecule has 3 heteroatoms. The summed E-state index contributed by atoms with van der Waals surface area (Å²) in [5, 5.41) is 3.50. The second-order valence-corrected chi connectivity index (χ2v) is 7.44. The lowest BCUT2D eigenvalue weighted by molar-refractivity contribution is -0.157. The van der Waals surface area contributed by atoms with E-state index in [1.165, 1.54) is 19.3 Å². The molecule has 0 saturated heterocycles. The minimum atomic E-state index is -0.383. The van der Waals surface area contributed by atoms with Crippen molar-refractivity contribution in [2.24, 2.45) is 23.7 Å². The maximum Gasteiger partial charge on any atom is 0.323 e. The van der Waals surface area contributed by atoms with E-state index in [4.69, 9.17) is 4.74 Å². The Hall–Kier alpha value is -0.570. The molecule has 5 unspecified atom stereocenters. The van der Waals surface area contributed by atoms with Gasteiger partial charge in [-0.1, -0.05) is 0 Å². The van der Waals surface area contributed by atoms with Gasteiger partial charge in [0.15, 0.2) is 0 Å². The van der Waals surface area contributed by atoms with Crippen molar-refractivity contribution in [3.63, 3.8) is 0 Å². The quantitative estimate of drug-likeness (QED) is 0.783. The lowest BCUT2D eigenvalue weighted by atomic mass is 10.0. The number of rotatable bonds is 3. The van der Waals surface area contributed by atoms with Crippen LogP contribution in [0.3, 0.4) is 0 Å². The van der Waals surface area contributed by atoms with Gasteiger partial charge in [-0.05, 0) is 70.6 Å². The molecule has 0 aromatic rings. The van der Waals surface area contributed by atoms with Crippen LogP contribution >= 0.6 is 0 Å². The lowest BCUT2D eigenvalue weighted by Crippen LogP contribution is -2.41. The Bertz CT molecular complexity index is 344. The first-order valence-electron chi connectivity index (χ1n) is 7.36. The molecule has 2 bridgehead atoms. The first-order valence-corrected chi connectivity index (χ1v) is 7.36. The summed E-state index contributed by atoms with van der Waals surface area (Å²) in [6, 6.07) is 0.429. The van der Waals surface area contributed by atoms with Crippen LogP contribution in [0.25, 0.3) is 0 Å². The van der Waals surface area contributed by atoms with Crippen molar-refractivity contribution in [1.29, 1.82) is 0 Å². The van der Waals surface area contributed by atoms with Crippen molar-refractivity contribution in [3.05, 3.63) is 0 Å². The molecule has 0 heterocycles. The van der Waals surface area contributed by atoms with Gasteiger partial charge in [-0.15, -0.1) is 0 Å². The zero-order valence-electron chi connectivity index (χ0n) is 11.9. The molecule has 0 aromatic heterocycles. The SMILES string of the molecule is CC(NC1C2C3CCC(C3)C12)C(=O)OC(C)(C)C. The van der Waals surface area contributed by atoms with E-state index in [1.54, 1.807) is 0 Å². The Morgan fingerprint density at radius 2 is 1.78 bits per heavy atom. The monoisotopic (exact) mass is 251 g/mol. The molecule has 102 valence electrons. The van der Waals surface area contributed by atoms with Crippen LogP contribution in [-0.2, 0) is 9.53 Å².